The highest BCUT2D eigenvalue weighted by atomic mass is 79.9. The van der Waals surface area contributed by atoms with E-state index >= 15 is 0 Å². The summed E-state index contributed by atoms with van der Waals surface area (Å²) < 4.78 is 16.4. The van der Waals surface area contributed by atoms with Crippen molar-refractivity contribution in [2.24, 2.45) is 0 Å². The van der Waals surface area contributed by atoms with Crippen LogP contribution in [0, 0.1) is 15.9 Å². The summed E-state index contributed by atoms with van der Waals surface area (Å²) in [5, 5.41) is 15.8. The molecular formula is C20H14BrFN4O2. The predicted octanol–water partition coefficient (Wildman–Crippen LogP) is 5.44. The molecule has 2 heterocycles. The molecule has 140 valence electrons. The van der Waals surface area contributed by atoms with Crippen LogP contribution in [-0.2, 0) is 6.42 Å². The molecule has 6 nitrogen and oxygen atoms in total. The average Bonchev–Trinajstić information content (AvgIpc) is 3.07. The number of aromatic nitrogens is 3. The van der Waals surface area contributed by atoms with E-state index in [1.165, 1.54) is 12.1 Å². The summed E-state index contributed by atoms with van der Waals surface area (Å²) in [6, 6.07) is 13.4. The van der Waals surface area contributed by atoms with Crippen LogP contribution in [0.2, 0.25) is 0 Å². The first kappa shape index (κ1) is 18.2. The van der Waals surface area contributed by atoms with E-state index in [2.05, 4.69) is 26.0 Å². The van der Waals surface area contributed by atoms with Gasteiger partial charge < -0.3 is 0 Å². The van der Waals surface area contributed by atoms with Crippen LogP contribution in [0.3, 0.4) is 0 Å². The van der Waals surface area contributed by atoms with Crippen molar-refractivity contribution in [1.29, 1.82) is 0 Å². The second kappa shape index (κ2) is 7.12. The third-order valence-electron chi connectivity index (χ3n) is 4.50. The first-order valence-electron chi connectivity index (χ1n) is 8.56. The third-order valence-corrected chi connectivity index (χ3v) is 5.03. The van der Waals surface area contributed by atoms with Crippen molar-refractivity contribution in [1.82, 2.24) is 14.6 Å². The van der Waals surface area contributed by atoms with Crippen molar-refractivity contribution in [2.45, 2.75) is 13.3 Å². The van der Waals surface area contributed by atoms with Gasteiger partial charge in [-0.2, -0.15) is 9.49 Å². The van der Waals surface area contributed by atoms with Crippen LogP contribution in [0.4, 0.5) is 10.1 Å². The lowest BCUT2D eigenvalue weighted by atomic mass is 10.0. The van der Waals surface area contributed by atoms with Gasteiger partial charge in [-0.1, -0.05) is 35.0 Å². The second-order valence-electron chi connectivity index (χ2n) is 6.17. The SMILES string of the molecule is CCc1nn2c(-c3ccc(F)c([N+](=O)[O-])c3)ccnc2c1-c1ccc(Br)cc1. The summed E-state index contributed by atoms with van der Waals surface area (Å²) in [5.41, 5.74) is 3.92. The van der Waals surface area contributed by atoms with Gasteiger partial charge in [-0.25, -0.2) is 9.50 Å². The Bertz CT molecular complexity index is 1210. The molecule has 0 atom stereocenters. The lowest BCUT2D eigenvalue weighted by molar-refractivity contribution is -0.387. The van der Waals surface area contributed by atoms with Gasteiger partial charge in [0, 0.05) is 27.9 Å². The molecule has 2 aromatic heterocycles. The number of nitro groups is 1. The summed E-state index contributed by atoms with van der Waals surface area (Å²) in [7, 11) is 0. The number of aryl methyl sites for hydroxylation is 1. The maximum Gasteiger partial charge on any atom is 0.305 e. The average molecular weight is 441 g/mol. The summed E-state index contributed by atoms with van der Waals surface area (Å²) in [6.07, 6.45) is 2.32. The summed E-state index contributed by atoms with van der Waals surface area (Å²) in [6.45, 7) is 2.01. The largest absolute Gasteiger partial charge is 0.305 e. The van der Waals surface area contributed by atoms with Gasteiger partial charge in [0.05, 0.1) is 16.3 Å². The zero-order chi connectivity index (χ0) is 19.8. The Morgan fingerprint density at radius 2 is 1.86 bits per heavy atom. The molecule has 0 unspecified atom stereocenters. The lowest BCUT2D eigenvalue weighted by Gasteiger charge is -2.06. The molecule has 0 radical (unpaired) electrons. The molecule has 0 aliphatic rings. The molecule has 8 heteroatoms. The van der Waals surface area contributed by atoms with E-state index in [1.54, 1.807) is 16.8 Å². The Labute approximate surface area is 167 Å². The van der Waals surface area contributed by atoms with Crippen LogP contribution in [0.15, 0.2) is 59.2 Å². The highest BCUT2D eigenvalue weighted by Crippen LogP contribution is 2.32. The Hall–Kier alpha value is -3.13. The molecule has 0 fully saturated rings. The number of nitrogens with zero attached hydrogens (tertiary/aromatic N) is 4. The molecule has 0 amide bonds. The minimum atomic E-state index is -0.871. The molecule has 0 N–H and O–H groups in total. The lowest BCUT2D eigenvalue weighted by Crippen LogP contribution is -1.98. The Morgan fingerprint density at radius 3 is 2.54 bits per heavy atom. The van der Waals surface area contributed by atoms with Gasteiger partial charge in [0.25, 0.3) is 0 Å². The van der Waals surface area contributed by atoms with Crippen molar-refractivity contribution in [3.63, 3.8) is 0 Å². The molecule has 0 aliphatic heterocycles. The molecule has 2 aromatic carbocycles. The van der Waals surface area contributed by atoms with Crippen molar-refractivity contribution in [3.8, 4) is 22.4 Å². The number of benzene rings is 2. The van der Waals surface area contributed by atoms with E-state index in [1.807, 2.05) is 31.2 Å². The van der Waals surface area contributed by atoms with Crippen molar-refractivity contribution >= 4 is 27.3 Å². The van der Waals surface area contributed by atoms with E-state index < -0.39 is 16.4 Å². The summed E-state index contributed by atoms with van der Waals surface area (Å²) in [5.74, 6) is -0.871. The normalized spacial score (nSPS) is 11.1. The summed E-state index contributed by atoms with van der Waals surface area (Å²) in [4.78, 5) is 14.9. The minimum Gasteiger partial charge on any atom is -0.258 e. The highest BCUT2D eigenvalue weighted by Gasteiger charge is 2.20. The minimum absolute atomic E-state index is 0.494. The van der Waals surface area contributed by atoms with E-state index in [-0.39, 0.29) is 0 Å². The highest BCUT2D eigenvalue weighted by molar-refractivity contribution is 9.10. The number of fused-ring (bicyclic) bond motifs is 1. The number of hydrogen-bond donors (Lipinski definition) is 0. The Morgan fingerprint density at radius 1 is 1.14 bits per heavy atom. The number of halogens is 2. The van der Waals surface area contributed by atoms with E-state index in [0.717, 1.165) is 27.4 Å². The van der Waals surface area contributed by atoms with Crippen LogP contribution in [0.1, 0.15) is 12.6 Å². The zero-order valence-corrected chi connectivity index (χ0v) is 16.4. The predicted molar refractivity (Wildman–Crippen MR) is 108 cm³/mol. The molecule has 0 aliphatic carbocycles. The fourth-order valence-corrected chi connectivity index (χ4v) is 3.44. The first-order valence-corrected chi connectivity index (χ1v) is 9.35. The molecule has 4 rings (SSSR count). The molecular weight excluding hydrogens is 427 g/mol. The van der Waals surface area contributed by atoms with Gasteiger partial charge in [0.2, 0.25) is 5.82 Å². The molecule has 4 aromatic rings. The monoisotopic (exact) mass is 440 g/mol. The smallest absolute Gasteiger partial charge is 0.258 e. The standard InChI is InChI=1S/C20H14BrFN4O2/c1-2-16-19(12-3-6-14(21)7-4-12)20-23-10-9-17(25(20)24-16)13-5-8-15(22)18(11-13)26(27)28/h3-11H,2H2,1H3. The van der Waals surface area contributed by atoms with Gasteiger partial charge in [0.15, 0.2) is 5.65 Å². The first-order chi connectivity index (χ1) is 13.5. The van der Waals surface area contributed by atoms with E-state index in [0.29, 0.717) is 23.3 Å². The fraction of sp³-hybridized carbons (Fsp3) is 0.100. The maximum absolute atomic E-state index is 13.7. The molecule has 0 saturated heterocycles. The fourth-order valence-electron chi connectivity index (χ4n) is 3.18. The van der Waals surface area contributed by atoms with Crippen LogP contribution in [0.5, 0.6) is 0 Å². The topological polar surface area (TPSA) is 73.3 Å². The van der Waals surface area contributed by atoms with Crippen LogP contribution >= 0.6 is 15.9 Å². The molecule has 0 saturated carbocycles. The van der Waals surface area contributed by atoms with Gasteiger partial charge in [-0.3, -0.25) is 10.1 Å². The number of rotatable bonds is 4. The molecule has 0 spiro atoms. The molecule has 28 heavy (non-hydrogen) atoms. The zero-order valence-electron chi connectivity index (χ0n) is 14.8. The van der Waals surface area contributed by atoms with Crippen LogP contribution in [0.25, 0.3) is 28.0 Å². The number of hydrogen-bond acceptors (Lipinski definition) is 4. The number of nitro benzene ring substituents is 1. The second-order valence-corrected chi connectivity index (χ2v) is 7.09. The third kappa shape index (κ3) is 3.05. The van der Waals surface area contributed by atoms with E-state index in [9.17, 15) is 14.5 Å². The Kier molecular flexibility index (Phi) is 4.64. The van der Waals surface area contributed by atoms with Gasteiger partial charge >= 0.3 is 5.69 Å². The van der Waals surface area contributed by atoms with E-state index in [4.69, 9.17) is 0 Å². The van der Waals surface area contributed by atoms with Crippen LogP contribution < -0.4 is 0 Å². The Balaban J connectivity index is 1.97. The van der Waals surface area contributed by atoms with Crippen molar-refractivity contribution in [3.05, 3.63) is 80.8 Å². The molecule has 0 bridgehead atoms. The van der Waals surface area contributed by atoms with Crippen LogP contribution in [-0.4, -0.2) is 19.5 Å². The van der Waals surface area contributed by atoms with Crippen molar-refractivity contribution in [2.75, 3.05) is 0 Å². The van der Waals surface area contributed by atoms with Gasteiger partial charge in [-0.15, -0.1) is 0 Å². The maximum atomic E-state index is 13.7. The quantitative estimate of drug-likeness (QED) is 0.313. The van der Waals surface area contributed by atoms with Crippen molar-refractivity contribution < 1.29 is 9.31 Å². The van der Waals surface area contributed by atoms with Gasteiger partial charge in [0.1, 0.15) is 0 Å². The van der Waals surface area contributed by atoms with Gasteiger partial charge in [-0.05, 0) is 42.3 Å². The summed E-state index contributed by atoms with van der Waals surface area (Å²) >= 11 is 3.44.